The summed E-state index contributed by atoms with van der Waals surface area (Å²) in [6, 6.07) is 22.3. The lowest BCUT2D eigenvalue weighted by Gasteiger charge is -2.14. The molecule has 0 saturated carbocycles. The number of benzene rings is 3. The Balaban J connectivity index is 1.40. The maximum atomic E-state index is 12.6. The van der Waals surface area contributed by atoms with Crippen LogP contribution in [0.4, 0.5) is 5.69 Å². The van der Waals surface area contributed by atoms with Gasteiger partial charge in [-0.3, -0.25) is 4.99 Å². The van der Waals surface area contributed by atoms with Crippen LogP contribution in [0.3, 0.4) is 0 Å². The summed E-state index contributed by atoms with van der Waals surface area (Å²) < 4.78 is 17.4. The third-order valence-electron chi connectivity index (χ3n) is 6.95. The van der Waals surface area contributed by atoms with Gasteiger partial charge in [0, 0.05) is 6.21 Å². The summed E-state index contributed by atoms with van der Waals surface area (Å²) in [7, 11) is 0. The first-order chi connectivity index (χ1) is 20.1. The highest BCUT2D eigenvalue weighted by atomic mass is 16.5. The average molecular weight is 558 g/mol. The van der Waals surface area contributed by atoms with E-state index in [0.29, 0.717) is 17.9 Å². The van der Waals surface area contributed by atoms with Crippen molar-refractivity contribution in [3.05, 3.63) is 83.9 Å². The van der Waals surface area contributed by atoms with E-state index in [0.717, 1.165) is 35.6 Å². The van der Waals surface area contributed by atoms with E-state index >= 15 is 0 Å². The number of hydrogen-bond donors (Lipinski definition) is 0. The van der Waals surface area contributed by atoms with Crippen molar-refractivity contribution >= 4 is 17.9 Å². The lowest BCUT2D eigenvalue weighted by atomic mass is 10.1. The van der Waals surface area contributed by atoms with Gasteiger partial charge in [-0.25, -0.2) is 4.79 Å². The summed E-state index contributed by atoms with van der Waals surface area (Å²) >= 11 is 0. The van der Waals surface area contributed by atoms with Crippen molar-refractivity contribution in [3.63, 3.8) is 0 Å². The minimum atomic E-state index is -0.397. The summed E-state index contributed by atoms with van der Waals surface area (Å²) in [5.41, 5.74) is 2.25. The first-order valence-corrected chi connectivity index (χ1v) is 15.4. The largest absolute Gasteiger partial charge is 0.494 e. The van der Waals surface area contributed by atoms with Gasteiger partial charge < -0.3 is 14.2 Å². The zero-order valence-corrected chi connectivity index (χ0v) is 25.1. The number of aliphatic imine (C=N–C) groups is 1. The summed E-state index contributed by atoms with van der Waals surface area (Å²) in [4.78, 5) is 17.1. The van der Waals surface area contributed by atoms with Crippen LogP contribution < -0.4 is 14.2 Å². The zero-order chi connectivity index (χ0) is 29.1. The topological polar surface area (TPSA) is 57.1 Å². The van der Waals surface area contributed by atoms with Crippen molar-refractivity contribution in [1.29, 1.82) is 0 Å². The normalized spacial score (nSPS) is 11.9. The molecular weight excluding hydrogens is 510 g/mol. The summed E-state index contributed by atoms with van der Waals surface area (Å²) in [5, 5.41) is 0. The monoisotopic (exact) mass is 557 g/mol. The molecule has 220 valence electrons. The van der Waals surface area contributed by atoms with E-state index in [1.165, 1.54) is 57.8 Å². The van der Waals surface area contributed by atoms with E-state index in [4.69, 9.17) is 14.2 Å². The lowest BCUT2D eigenvalue weighted by Crippen LogP contribution is -2.11. The molecule has 0 amide bonds. The predicted molar refractivity (Wildman–Crippen MR) is 169 cm³/mol. The molecule has 0 aliphatic carbocycles. The molecule has 5 heteroatoms. The van der Waals surface area contributed by atoms with Crippen molar-refractivity contribution in [1.82, 2.24) is 0 Å². The number of hydrogen-bond acceptors (Lipinski definition) is 5. The minimum absolute atomic E-state index is 0.210. The Kier molecular flexibility index (Phi) is 14.6. The molecule has 0 aromatic heterocycles. The number of esters is 1. The first kappa shape index (κ1) is 31.9. The van der Waals surface area contributed by atoms with Crippen molar-refractivity contribution < 1.29 is 19.0 Å². The molecule has 0 aliphatic rings. The van der Waals surface area contributed by atoms with Crippen molar-refractivity contribution in [3.8, 4) is 17.2 Å². The molecule has 0 fully saturated rings. The van der Waals surface area contributed by atoms with Gasteiger partial charge >= 0.3 is 5.97 Å². The van der Waals surface area contributed by atoms with Gasteiger partial charge in [0.15, 0.2) is 0 Å². The Labute approximate surface area is 247 Å². The van der Waals surface area contributed by atoms with Gasteiger partial charge in [0.25, 0.3) is 0 Å². The van der Waals surface area contributed by atoms with Gasteiger partial charge in [0.05, 0.1) is 24.0 Å². The number of ether oxygens (including phenoxy) is 3. The quantitative estimate of drug-likeness (QED) is 0.0637. The van der Waals surface area contributed by atoms with Crippen LogP contribution in [0.1, 0.15) is 107 Å². The first-order valence-electron chi connectivity index (χ1n) is 15.4. The molecular formula is C36H47NO4. The molecule has 0 saturated heterocycles. The molecule has 0 N–H and O–H groups in total. The third kappa shape index (κ3) is 12.6. The zero-order valence-electron chi connectivity index (χ0n) is 25.1. The van der Waals surface area contributed by atoms with E-state index in [1.807, 2.05) is 48.5 Å². The highest BCUT2D eigenvalue weighted by Crippen LogP contribution is 2.21. The van der Waals surface area contributed by atoms with Crippen LogP contribution in [0.5, 0.6) is 17.2 Å². The molecule has 5 nitrogen and oxygen atoms in total. The Morgan fingerprint density at radius 2 is 1.29 bits per heavy atom. The molecule has 0 bridgehead atoms. The van der Waals surface area contributed by atoms with Crippen molar-refractivity contribution in [2.75, 3.05) is 6.61 Å². The summed E-state index contributed by atoms with van der Waals surface area (Å²) in [5.74, 6) is 1.73. The van der Waals surface area contributed by atoms with E-state index in [-0.39, 0.29) is 6.10 Å². The molecule has 0 unspecified atom stereocenters. The molecule has 41 heavy (non-hydrogen) atoms. The van der Waals surface area contributed by atoms with E-state index in [2.05, 4.69) is 25.8 Å². The highest BCUT2D eigenvalue weighted by Gasteiger charge is 2.09. The minimum Gasteiger partial charge on any atom is -0.494 e. The molecule has 0 radical (unpaired) electrons. The third-order valence-corrected chi connectivity index (χ3v) is 6.95. The van der Waals surface area contributed by atoms with Gasteiger partial charge in [-0.05, 0) is 105 Å². The maximum absolute atomic E-state index is 12.6. The van der Waals surface area contributed by atoms with Crippen LogP contribution in [0, 0.1) is 0 Å². The van der Waals surface area contributed by atoms with Gasteiger partial charge in [-0.2, -0.15) is 0 Å². The fraction of sp³-hybridized carbons (Fsp3) is 0.444. The lowest BCUT2D eigenvalue weighted by molar-refractivity contribution is 0.0734. The van der Waals surface area contributed by atoms with Crippen molar-refractivity contribution in [2.45, 2.75) is 97.5 Å². The van der Waals surface area contributed by atoms with E-state index in [9.17, 15) is 4.79 Å². The predicted octanol–water partition coefficient (Wildman–Crippen LogP) is 10.1. The van der Waals surface area contributed by atoms with Gasteiger partial charge in [0.2, 0.25) is 0 Å². The van der Waals surface area contributed by atoms with Crippen LogP contribution >= 0.6 is 0 Å². The van der Waals surface area contributed by atoms with Gasteiger partial charge in [-0.1, -0.05) is 65.2 Å². The van der Waals surface area contributed by atoms with E-state index in [1.54, 1.807) is 30.5 Å². The smallest absolute Gasteiger partial charge is 0.343 e. The Hall–Kier alpha value is -3.60. The molecule has 3 aromatic carbocycles. The second kappa shape index (κ2) is 18.7. The summed E-state index contributed by atoms with van der Waals surface area (Å²) in [6.07, 6.45) is 15.5. The van der Waals surface area contributed by atoms with Crippen LogP contribution in [0.15, 0.2) is 77.8 Å². The van der Waals surface area contributed by atoms with Crippen LogP contribution in [0.25, 0.3) is 0 Å². The Morgan fingerprint density at radius 1 is 0.707 bits per heavy atom. The number of carbonyl (C=O) groups excluding carboxylic acids is 1. The Bertz CT molecular complexity index is 1150. The molecule has 0 spiro atoms. The Morgan fingerprint density at radius 3 is 1.98 bits per heavy atom. The molecule has 3 aromatic rings. The van der Waals surface area contributed by atoms with E-state index < -0.39 is 5.97 Å². The maximum Gasteiger partial charge on any atom is 0.343 e. The summed E-state index contributed by atoms with van der Waals surface area (Å²) in [6.45, 7) is 7.28. The fourth-order valence-electron chi connectivity index (χ4n) is 4.46. The highest BCUT2D eigenvalue weighted by molar-refractivity contribution is 5.91. The SMILES string of the molecule is CCCCCCCCOc1ccc(C(=O)Oc2ccc(C=Nc3ccc(O[C@@H](C)CCCCCC)cc3)cc2)cc1. The average Bonchev–Trinajstić information content (AvgIpc) is 2.99. The van der Waals surface area contributed by atoms with Gasteiger partial charge in [0.1, 0.15) is 17.2 Å². The second-order valence-corrected chi connectivity index (χ2v) is 10.6. The number of nitrogens with zero attached hydrogens (tertiary/aromatic N) is 1. The van der Waals surface area contributed by atoms with Crippen LogP contribution in [0.2, 0.25) is 0 Å². The van der Waals surface area contributed by atoms with Gasteiger partial charge in [-0.15, -0.1) is 0 Å². The number of unbranched alkanes of at least 4 members (excludes halogenated alkanes) is 8. The fourth-order valence-corrected chi connectivity index (χ4v) is 4.46. The standard InChI is InChI=1S/C36H47NO4/c1-4-6-8-10-11-13-27-39-33-23-17-31(18-24-33)36(38)41-35-21-15-30(16-22-35)28-37-32-19-25-34(26-20-32)40-29(3)14-12-9-7-5-2/h15-26,28-29H,4-14,27H2,1-3H3/t29-/m0/s1. The number of carbonyl (C=O) groups is 1. The van der Waals surface area contributed by atoms with Crippen LogP contribution in [-0.4, -0.2) is 24.9 Å². The second-order valence-electron chi connectivity index (χ2n) is 10.6. The van der Waals surface area contributed by atoms with Crippen molar-refractivity contribution in [2.24, 2.45) is 4.99 Å². The molecule has 1 atom stereocenters. The van der Waals surface area contributed by atoms with Crippen LogP contribution in [-0.2, 0) is 0 Å². The molecule has 0 heterocycles. The molecule has 0 aliphatic heterocycles. The molecule has 3 rings (SSSR count). The number of rotatable bonds is 19.